The zero-order valence-electron chi connectivity index (χ0n) is 16.9. The monoisotopic (exact) mass is 386 g/mol. The molecule has 0 N–H and O–H groups in total. The van der Waals surface area contributed by atoms with E-state index in [-0.39, 0.29) is 29.6 Å². The van der Waals surface area contributed by atoms with Crippen molar-refractivity contribution in [1.82, 2.24) is 0 Å². The summed E-state index contributed by atoms with van der Waals surface area (Å²) in [5.74, 6) is 0. The first-order valence-corrected chi connectivity index (χ1v) is 11.5. The summed E-state index contributed by atoms with van der Waals surface area (Å²) in [5.41, 5.74) is 0. The molecule has 0 aromatic rings. The Hall–Kier alpha value is 0.870. The molecule has 4 nitrogen and oxygen atoms in total. The molecular weight excluding hydrogens is 347 g/mol. The fraction of sp³-hybridized carbons (Fsp3) is 1.00. The molecule has 0 atom stereocenters. The van der Waals surface area contributed by atoms with Gasteiger partial charge in [0, 0.05) is 0 Å². The van der Waals surface area contributed by atoms with E-state index in [0.29, 0.717) is 12.8 Å². The molecule has 6 heteroatoms. The van der Waals surface area contributed by atoms with E-state index in [1.807, 2.05) is 0 Å². The van der Waals surface area contributed by atoms with Crippen molar-refractivity contribution in [3.05, 3.63) is 0 Å². The summed E-state index contributed by atoms with van der Waals surface area (Å²) in [6, 6.07) is 0. The molecule has 0 amide bonds. The molecule has 0 radical (unpaired) electrons. The number of hydrogen-bond donors (Lipinski definition) is 0. The largest absolute Gasteiger partial charge is 1.00 e. The Kier molecular flexibility index (Phi) is 22.0. The van der Waals surface area contributed by atoms with E-state index in [0.717, 1.165) is 25.7 Å². The molecule has 0 fully saturated rings. The van der Waals surface area contributed by atoms with Crippen molar-refractivity contribution >= 4 is 10.4 Å². The predicted molar refractivity (Wildman–Crippen MR) is 99.8 cm³/mol. The van der Waals surface area contributed by atoms with Gasteiger partial charge in [-0.25, -0.2) is 8.42 Å². The maximum absolute atomic E-state index is 10.9. The van der Waals surface area contributed by atoms with Crippen molar-refractivity contribution in [2.24, 2.45) is 0 Å². The molecule has 146 valence electrons. The molecule has 0 spiro atoms. The van der Waals surface area contributed by atoms with Gasteiger partial charge in [0.2, 0.25) is 10.4 Å². The topological polar surface area (TPSA) is 66.4 Å². The van der Waals surface area contributed by atoms with Crippen LogP contribution in [0, 0.1) is 0 Å². The smallest absolute Gasteiger partial charge is 0.726 e. The first-order chi connectivity index (χ1) is 11.5. The molecule has 0 aliphatic carbocycles. The van der Waals surface area contributed by atoms with Crippen LogP contribution < -0.4 is 29.6 Å². The van der Waals surface area contributed by atoms with Crippen molar-refractivity contribution in [2.75, 3.05) is 0 Å². The van der Waals surface area contributed by atoms with Gasteiger partial charge in [0.15, 0.2) is 0 Å². The van der Waals surface area contributed by atoms with Crippen LogP contribution in [0.2, 0.25) is 0 Å². The minimum Gasteiger partial charge on any atom is -0.726 e. The molecule has 0 heterocycles. The minimum absolute atomic E-state index is 0. The first-order valence-electron chi connectivity index (χ1n) is 10.1. The molecule has 25 heavy (non-hydrogen) atoms. The Balaban J connectivity index is 0. The van der Waals surface area contributed by atoms with Crippen LogP contribution in [0.25, 0.3) is 0 Å². The molecule has 0 aliphatic heterocycles. The Morgan fingerprint density at radius 1 is 0.680 bits per heavy atom. The van der Waals surface area contributed by atoms with Crippen molar-refractivity contribution in [2.45, 2.75) is 123 Å². The maximum Gasteiger partial charge on any atom is 1.00 e. The van der Waals surface area contributed by atoms with Crippen LogP contribution in [0.5, 0.6) is 0 Å². The molecule has 0 rings (SSSR count). The Bertz CT molecular complexity index is 342. The zero-order chi connectivity index (χ0) is 18.1. The van der Waals surface area contributed by atoms with Gasteiger partial charge in [-0.15, -0.1) is 0 Å². The van der Waals surface area contributed by atoms with Gasteiger partial charge in [-0.3, -0.25) is 4.18 Å². The fourth-order valence-electron chi connectivity index (χ4n) is 3.07. The van der Waals surface area contributed by atoms with E-state index in [1.165, 1.54) is 64.2 Å². The normalized spacial score (nSPS) is 11.7. The Morgan fingerprint density at radius 3 is 1.32 bits per heavy atom. The molecule has 0 aromatic heterocycles. The van der Waals surface area contributed by atoms with E-state index < -0.39 is 16.5 Å². The second-order valence-electron chi connectivity index (χ2n) is 6.95. The van der Waals surface area contributed by atoms with Crippen molar-refractivity contribution in [3.8, 4) is 0 Å². The first kappa shape index (κ1) is 28.1. The molecule has 0 unspecified atom stereocenters. The third-order valence-electron chi connectivity index (χ3n) is 4.51. The second kappa shape index (κ2) is 19.6. The number of hydrogen-bond acceptors (Lipinski definition) is 4. The summed E-state index contributed by atoms with van der Waals surface area (Å²) >= 11 is 0. The second-order valence-corrected chi connectivity index (χ2v) is 7.96. The van der Waals surface area contributed by atoms with E-state index in [9.17, 15) is 13.0 Å². The quantitative estimate of drug-likeness (QED) is 0.157. The van der Waals surface area contributed by atoms with E-state index in [1.54, 1.807) is 0 Å². The summed E-state index contributed by atoms with van der Waals surface area (Å²) in [4.78, 5) is 0. The zero-order valence-corrected chi connectivity index (χ0v) is 19.7. The third kappa shape index (κ3) is 22.8. The van der Waals surface area contributed by atoms with Crippen molar-refractivity contribution < 1.29 is 46.7 Å². The van der Waals surface area contributed by atoms with Gasteiger partial charge in [-0.05, 0) is 12.8 Å². The third-order valence-corrected chi connectivity index (χ3v) is 5.02. The Morgan fingerprint density at radius 2 is 1.00 bits per heavy atom. The van der Waals surface area contributed by atoms with Gasteiger partial charge in [0.1, 0.15) is 0 Å². The minimum atomic E-state index is -4.58. The van der Waals surface area contributed by atoms with Gasteiger partial charge < -0.3 is 4.55 Å². The van der Waals surface area contributed by atoms with Gasteiger partial charge in [-0.2, -0.15) is 0 Å². The fourth-order valence-corrected chi connectivity index (χ4v) is 3.59. The summed E-state index contributed by atoms with van der Waals surface area (Å²) in [5, 5.41) is 0. The van der Waals surface area contributed by atoms with Crippen LogP contribution in [0.1, 0.15) is 117 Å². The van der Waals surface area contributed by atoms with Crippen LogP contribution in [-0.4, -0.2) is 19.1 Å². The van der Waals surface area contributed by atoms with E-state index >= 15 is 0 Å². The summed E-state index contributed by atoms with van der Waals surface area (Å²) in [6.07, 6.45) is 17.5. The predicted octanol–water partition coefficient (Wildman–Crippen LogP) is 3.12. The summed E-state index contributed by atoms with van der Waals surface area (Å²) < 4.78 is 37.4. The molecule has 0 bridgehead atoms. The van der Waals surface area contributed by atoms with Crippen LogP contribution in [-0.2, 0) is 14.6 Å². The average molecular weight is 387 g/mol. The number of rotatable bonds is 18. The average Bonchev–Trinajstić information content (AvgIpc) is 2.51. The molecular formula is C19H39NaO4S. The van der Waals surface area contributed by atoms with Crippen LogP contribution in [0.4, 0.5) is 0 Å². The van der Waals surface area contributed by atoms with Crippen LogP contribution in [0.3, 0.4) is 0 Å². The van der Waals surface area contributed by atoms with Gasteiger partial charge in [0.25, 0.3) is 0 Å². The maximum atomic E-state index is 10.9. The van der Waals surface area contributed by atoms with Gasteiger partial charge >= 0.3 is 29.6 Å². The van der Waals surface area contributed by atoms with E-state index in [4.69, 9.17) is 4.18 Å². The van der Waals surface area contributed by atoms with Crippen LogP contribution >= 0.6 is 0 Å². The summed E-state index contributed by atoms with van der Waals surface area (Å²) in [7, 11) is -4.58. The molecule has 0 aromatic carbocycles. The standard InChI is InChI=1S/C19H40O4S.Na/c1-3-5-7-9-11-13-15-17-19(23-24(20,21)22)18-16-14-12-10-8-6-4-2;/h19H,3-18H2,1-2H3,(H,20,21,22);/q;+1/p-1. The molecule has 0 saturated carbocycles. The van der Waals surface area contributed by atoms with E-state index in [2.05, 4.69) is 13.8 Å². The van der Waals surface area contributed by atoms with Gasteiger partial charge in [-0.1, -0.05) is 104 Å². The SMILES string of the molecule is CCCCCCCCCC(CCCCCCCCC)OS(=O)(=O)[O-].[Na+]. The number of unbranched alkanes of at least 4 members (excludes halogenated alkanes) is 12. The van der Waals surface area contributed by atoms with Gasteiger partial charge in [0.05, 0.1) is 6.10 Å². The summed E-state index contributed by atoms with van der Waals surface area (Å²) in [6.45, 7) is 4.41. The molecule has 0 saturated heterocycles. The Labute approximate surface area is 179 Å². The molecule has 0 aliphatic rings. The van der Waals surface area contributed by atoms with Crippen molar-refractivity contribution in [1.29, 1.82) is 0 Å². The van der Waals surface area contributed by atoms with Crippen molar-refractivity contribution in [3.63, 3.8) is 0 Å². The van der Waals surface area contributed by atoms with Crippen LogP contribution in [0.15, 0.2) is 0 Å².